The Morgan fingerprint density at radius 1 is 1.20 bits per heavy atom. The van der Waals surface area contributed by atoms with E-state index in [1.54, 1.807) is 26.0 Å². The molecule has 0 fully saturated rings. The third-order valence-electron chi connectivity index (χ3n) is 3.59. The topological polar surface area (TPSA) is 125 Å². The molecule has 2 rings (SSSR count). The van der Waals surface area contributed by atoms with E-state index in [9.17, 15) is 19.7 Å². The van der Waals surface area contributed by atoms with Gasteiger partial charge < -0.3 is 15.8 Å². The van der Waals surface area contributed by atoms with Gasteiger partial charge in [0.15, 0.2) is 6.61 Å². The number of nitro groups is 1. The standard InChI is InChI=1S/C17H17N3O5/c1-10-7-13(14(20(23)24)8-11(10)2)19-16(21)9-25-15-6-4-3-5-12(15)17(18)22/h3-8H,9H2,1-2H3,(H2,18,22)(H,19,21). The zero-order chi connectivity index (χ0) is 18.6. The molecule has 0 aliphatic carbocycles. The minimum absolute atomic E-state index is 0.0879. The molecule has 0 aliphatic rings. The van der Waals surface area contributed by atoms with E-state index in [2.05, 4.69) is 5.32 Å². The molecular formula is C17H17N3O5. The smallest absolute Gasteiger partial charge is 0.293 e. The number of aryl methyl sites for hydroxylation is 2. The number of hydrogen-bond donors (Lipinski definition) is 2. The van der Waals surface area contributed by atoms with Crippen molar-refractivity contribution in [1.29, 1.82) is 0 Å². The SMILES string of the molecule is Cc1cc(NC(=O)COc2ccccc2C(N)=O)c([N+](=O)[O-])cc1C. The van der Waals surface area contributed by atoms with Crippen molar-refractivity contribution >= 4 is 23.2 Å². The number of nitrogens with two attached hydrogens (primary N) is 1. The number of ether oxygens (including phenoxy) is 1. The number of nitrogens with zero attached hydrogens (tertiary/aromatic N) is 1. The zero-order valence-electron chi connectivity index (χ0n) is 13.7. The first-order chi connectivity index (χ1) is 11.8. The first kappa shape index (κ1) is 17.9. The number of nitrogens with one attached hydrogen (secondary N) is 1. The Morgan fingerprint density at radius 2 is 1.84 bits per heavy atom. The summed E-state index contributed by atoms with van der Waals surface area (Å²) in [7, 11) is 0. The summed E-state index contributed by atoms with van der Waals surface area (Å²) >= 11 is 0. The molecule has 0 radical (unpaired) electrons. The molecule has 0 spiro atoms. The van der Waals surface area contributed by atoms with Gasteiger partial charge in [0, 0.05) is 6.07 Å². The Hall–Kier alpha value is -3.42. The first-order valence-corrected chi connectivity index (χ1v) is 7.36. The Balaban J connectivity index is 2.13. The molecule has 130 valence electrons. The fraction of sp³-hybridized carbons (Fsp3) is 0.176. The van der Waals surface area contributed by atoms with Crippen molar-refractivity contribution in [3.05, 3.63) is 63.2 Å². The van der Waals surface area contributed by atoms with Crippen molar-refractivity contribution in [2.24, 2.45) is 5.73 Å². The van der Waals surface area contributed by atoms with Crippen molar-refractivity contribution in [2.45, 2.75) is 13.8 Å². The molecule has 0 aliphatic heterocycles. The van der Waals surface area contributed by atoms with E-state index >= 15 is 0 Å². The van der Waals surface area contributed by atoms with E-state index in [0.29, 0.717) is 0 Å². The van der Waals surface area contributed by atoms with Crippen LogP contribution in [0.1, 0.15) is 21.5 Å². The van der Waals surface area contributed by atoms with Gasteiger partial charge in [0.1, 0.15) is 11.4 Å². The second kappa shape index (κ2) is 7.43. The van der Waals surface area contributed by atoms with E-state index in [4.69, 9.17) is 10.5 Å². The van der Waals surface area contributed by atoms with Gasteiger partial charge in [-0.25, -0.2) is 0 Å². The number of benzene rings is 2. The van der Waals surface area contributed by atoms with Gasteiger partial charge in [-0.05, 0) is 43.2 Å². The Morgan fingerprint density at radius 3 is 2.48 bits per heavy atom. The Bertz CT molecular complexity index is 848. The van der Waals surface area contributed by atoms with Crippen LogP contribution < -0.4 is 15.8 Å². The number of rotatable bonds is 6. The average molecular weight is 343 g/mol. The summed E-state index contributed by atoms with van der Waals surface area (Å²) in [5.41, 5.74) is 6.82. The van der Waals surface area contributed by atoms with Gasteiger partial charge >= 0.3 is 0 Å². The van der Waals surface area contributed by atoms with Gasteiger partial charge in [-0.1, -0.05) is 12.1 Å². The van der Waals surface area contributed by atoms with Crippen LogP contribution in [0.2, 0.25) is 0 Å². The van der Waals surface area contributed by atoms with Crippen LogP contribution in [0.15, 0.2) is 36.4 Å². The van der Waals surface area contributed by atoms with Gasteiger partial charge in [0.05, 0.1) is 10.5 Å². The molecule has 2 aromatic carbocycles. The summed E-state index contributed by atoms with van der Waals surface area (Å²) in [6.07, 6.45) is 0. The largest absolute Gasteiger partial charge is 0.483 e. The highest BCUT2D eigenvalue weighted by Crippen LogP contribution is 2.28. The minimum Gasteiger partial charge on any atom is -0.483 e. The summed E-state index contributed by atoms with van der Waals surface area (Å²) in [6, 6.07) is 9.16. The monoisotopic (exact) mass is 343 g/mol. The van der Waals surface area contributed by atoms with Gasteiger partial charge in [0.25, 0.3) is 17.5 Å². The lowest BCUT2D eigenvalue weighted by Crippen LogP contribution is -2.22. The molecule has 0 heterocycles. The summed E-state index contributed by atoms with van der Waals surface area (Å²) in [5, 5.41) is 13.6. The Kier molecular flexibility index (Phi) is 5.33. The van der Waals surface area contributed by atoms with Crippen molar-refractivity contribution in [3.63, 3.8) is 0 Å². The van der Waals surface area contributed by atoms with E-state index in [-0.39, 0.29) is 22.7 Å². The van der Waals surface area contributed by atoms with E-state index in [0.717, 1.165) is 11.1 Å². The molecule has 0 saturated heterocycles. The summed E-state index contributed by atoms with van der Waals surface area (Å²) < 4.78 is 5.30. The molecule has 8 heteroatoms. The van der Waals surface area contributed by atoms with E-state index in [1.807, 2.05) is 0 Å². The third-order valence-corrected chi connectivity index (χ3v) is 3.59. The predicted octanol–water partition coefficient (Wildman–Crippen LogP) is 2.33. The van der Waals surface area contributed by atoms with Crippen molar-refractivity contribution < 1.29 is 19.2 Å². The van der Waals surface area contributed by atoms with Crippen LogP contribution in [-0.2, 0) is 4.79 Å². The fourth-order valence-electron chi connectivity index (χ4n) is 2.18. The maximum Gasteiger partial charge on any atom is 0.293 e. The van der Waals surface area contributed by atoms with Gasteiger partial charge in [-0.15, -0.1) is 0 Å². The average Bonchev–Trinajstić information content (AvgIpc) is 2.56. The molecular weight excluding hydrogens is 326 g/mol. The number of nitro benzene ring substituents is 1. The van der Waals surface area contributed by atoms with Crippen molar-refractivity contribution in [3.8, 4) is 5.75 Å². The van der Waals surface area contributed by atoms with Crippen molar-refractivity contribution in [1.82, 2.24) is 0 Å². The molecule has 8 nitrogen and oxygen atoms in total. The number of anilines is 1. The lowest BCUT2D eigenvalue weighted by molar-refractivity contribution is -0.384. The van der Waals surface area contributed by atoms with Crippen LogP contribution in [0, 0.1) is 24.0 Å². The summed E-state index contributed by atoms with van der Waals surface area (Å²) in [5.74, 6) is -1.11. The molecule has 0 atom stereocenters. The zero-order valence-corrected chi connectivity index (χ0v) is 13.7. The van der Waals surface area contributed by atoms with Gasteiger partial charge in [0.2, 0.25) is 0 Å². The maximum absolute atomic E-state index is 12.1. The quantitative estimate of drug-likeness (QED) is 0.615. The number of amides is 2. The van der Waals surface area contributed by atoms with Gasteiger partial charge in [-0.3, -0.25) is 19.7 Å². The van der Waals surface area contributed by atoms with Gasteiger partial charge in [-0.2, -0.15) is 0 Å². The molecule has 25 heavy (non-hydrogen) atoms. The minimum atomic E-state index is -0.680. The number of carbonyl (C=O) groups excluding carboxylic acids is 2. The highest BCUT2D eigenvalue weighted by molar-refractivity contribution is 5.96. The summed E-state index contributed by atoms with van der Waals surface area (Å²) in [6.45, 7) is 3.11. The lowest BCUT2D eigenvalue weighted by Gasteiger charge is -2.11. The predicted molar refractivity (Wildman–Crippen MR) is 91.7 cm³/mol. The van der Waals surface area contributed by atoms with E-state index < -0.39 is 23.3 Å². The molecule has 0 aromatic heterocycles. The lowest BCUT2D eigenvalue weighted by atomic mass is 10.1. The van der Waals surface area contributed by atoms with Crippen LogP contribution in [0.4, 0.5) is 11.4 Å². The number of primary amides is 1. The van der Waals surface area contributed by atoms with Crippen LogP contribution in [-0.4, -0.2) is 23.3 Å². The molecule has 2 aromatic rings. The summed E-state index contributed by atoms with van der Waals surface area (Å²) in [4.78, 5) is 33.9. The maximum atomic E-state index is 12.1. The van der Waals surface area contributed by atoms with Crippen LogP contribution in [0.25, 0.3) is 0 Å². The van der Waals surface area contributed by atoms with Crippen LogP contribution in [0.5, 0.6) is 5.75 Å². The first-order valence-electron chi connectivity index (χ1n) is 7.36. The van der Waals surface area contributed by atoms with Crippen molar-refractivity contribution in [2.75, 3.05) is 11.9 Å². The number of hydrogen-bond acceptors (Lipinski definition) is 5. The number of carbonyl (C=O) groups is 2. The van der Waals surface area contributed by atoms with Crippen LogP contribution >= 0.6 is 0 Å². The molecule has 0 bridgehead atoms. The molecule has 2 amide bonds. The molecule has 0 unspecified atom stereocenters. The fourth-order valence-corrected chi connectivity index (χ4v) is 2.18. The van der Waals surface area contributed by atoms with Crippen LogP contribution in [0.3, 0.4) is 0 Å². The highest BCUT2D eigenvalue weighted by Gasteiger charge is 2.18. The molecule has 3 N–H and O–H groups in total. The third kappa shape index (κ3) is 4.31. The number of para-hydroxylation sites is 1. The normalized spacial score (nSPS) is 10.2. The van der Waals surface area contributed by atoms with E-state index in [1.165, 1.54) is 24.3 Å². The highest BCUT2D eigenvalue weighted by atomic mass is 16.6. The second-order valence-electron chi connectivity index (χ2n) is 5.41. The molecule has 0 saturated carbocycles. The second-order valence-corrected chi connectivity index (χ2v) is 5.41. The Labute approximate surface area is 143 Å².